The molecule has 0 aromatic rings. The fourth-order valence-corrected chi connectivity index (χ4v) is 5.91. The maximum absolute atomic E-state index is 13.2. The van der Waals surface area contributed by atoms with Gasteiger partial charge in [0.25, 0.3) is 5.29 Å². The molecule has 0 unspecified atom stereocenters. The number of hydrogen-bond acceptors (Lipinski definition) is 6. The number of hydrogen-bond donors (Lipinski definition) is 0. The Morgan fingerprint density at radius 1 is 0.562 bits per heavy atom. The van der Waals surface area contributed by atoms with Crippen LogP contribution in [0.4, 0.5) is 26.3 Å². The average Bonchev–Trinajstić information content (AvgIpc) is 2.69. The maximum Gasteiger partial charge on any atom is 0.613 e. The highest BCUT2D eigenvalue weighted by Crippen LogP contribution is 2.25. The molecule has 0 saturated heterocycles. The van der Waals surface area contributed by atoms with Crippen molar-refractivity contribution in [3.63, 3.8) is 0 Å². The van der Waals surface area contributed by atoms with Crippen LogP contribution in [0.5, 0.6) is 0 Å². The van der Waals surface area contributed by atoms with E-state index in [1.54, 1.807) is 20.8 Å². The van der Waals surface area contributed by atoms with Gasteiger partial charge in [0.2, 0.25) is 5.45 Å². The smallest absolute Gasteiger partial charge is 0.369 e. The maximum atomic E-state index is 13.2. The third kappa shape index (κ3) is 17.3. The van der Waals surface area contributed by atoms with E-state index < -0.39 is 39.8 Å². The lowest BCUT2D eigenvalue weighted by molar-refractivity contribution is 0.0714. The van der Waals surface area contributed by atoms with E-state index in [1.165, 1.54) is 0 Å². The molecule has 0 heterocycles. The molecule has 0 aliphatic rings. The lowest BCUT2D eigenvalue weighted by Gasteiger charge is -2.25. The molecule has 0 saturated carbocycles. The Balaban J connectivity index is -0.000000433. The van der Waals surface area contributed by atoms with Crippen LogP contribution in [0.15, 0.2) is 22.9 Å². The van der Waals surface area contributed by atoms with E-state index in [0.29, 0.717) is 19.8 Å². The minimum Gasteiger partial charge on any atom is -0.369 e. The van der Waals surface area contributed by atoms with E-state index in [2.05, 4.69) is 11.6 Å². The van der Waals surface area contributed by atoms with Crippen LogP contribution in [0.25, 0.3) is 0 Å². The van der Waals surface area contributed by atoms with Crippen molar-refractivity contribution < 1.29 is 52.9 Å². The molecule has 6 nitrogen and oxygen atoms in total. The van der Waals surface area contributed by atoms with Crippen LogP contribution in [0, 0.1) is 0 Å². The summed E-state index contributed by atoms with van der Waals surface area (Å²) in [6.07, 6.45) is -4.92. The Kier molecular flexibility index (Phi) is 24.3. The van der Waals surface area contributed by atoms with E-state index in [1.807, 2.05) is 20.8 Å². The molecule has 0 aromatic heterocycles. The summed E-state index contributed by atoms with van der Waals surface area (Å²) in [5, 5.41) is -1.94. The summed E-state index contributed by atoms with van der Waals surface area (Å²) in [5.74, 6) is 0. The minimum absolute atomic E-state index is 0.0485. The summed E-state index contributed by atoms with van der Waals surface area (Å²) in [7, 11) is -6.78. The highest BCUT2D eigenvalue weighted by Gasteiger charge is 2.50. The van der Waals surface area contributed by atoms with Gasteiger partial charge in [-0.05, 0) is 53.1 Å². The molecule has 32 heavy (non-hydrogen) atoms. The predicted octanol–water partition coefficient (Wildman–Crippen LogP) is 6.68. The van der Waals surface area contributed by atoms with Gasteiger partial charge in [-0.3, -0.25) is 0 Å². The van der Waals surface area contributed by atoms with Gasteiger partial charge in [0, 0.05) is 39.6 Å². The van der Waals surface area contributed by atoms with Gasteiger partial charge < -0.3 is 26.6 Å². The van der Waals surface area contributed by atoms with Gasteiger partial charge in [0.1, 0.15) is 0 Å². The van der Waals surface area contributed by atoms with Gasteiger partial charge in [0.15, 0.2) is 0 Å². The van der Waals surface area contributed by atoms with Gasteiger partial charge in [-0.15, -0.1) is 0 Å². The van der Waals surface area contributed by atoms with E-state index in [9.17, 15) is 26.3 Å². The molecule has 0 aliphatic carbocycles. The zero-order chi connectivity index (χ0) is 25.8. The first-order valence-electron chi connectivity index (χ1n) is 9.46. The molecule has 0 N–H and O–H groups in total. The minimum atomic E-state index is -4.00. The largest absolute Gasteiger partial charge is 0.613 e. The SMILES string of the molecule is CCO[Si](Cl)(OCC)OCC.CCO[Si](OCC)(OCC)C(F)=C(F)F.FC(F)=C(F)Cl. The van der Waals surface area contributed by atoms with Crippen LogP contribution < -0.4 is 0 Å². The van der Waals surface area contributed by atoms with Crippen molar-refractivity contribution in [2.45, 2.75) is 41.5 Å². The van der Waals surface area contributed by atoms with E-state index in [-0.39, 0.29) is 19.8 Å². The Hall–Kier alpha value is -0.166. The van der Waals surface area contributed by atoms with Crippen LogP contribution in [0.3, 0.4) is 0 Å². The highest BCUT2D eigenvalue weighted by molar-refractivity contribution is 7.09. The summed E-state index contributed by atoms with van der Waals surface area (Å²) in [4.78, 5) is 0. The highest BCUT2D eigenvalue weighted by atomic mass is 35.6. The van der Waals surface area contributed by atoms with Crippen LogP contribution in [0.2, 0.25) is 0 Å². The molecule has 0 spiro atoms. The zero-order valence-corrected chi connectivity index (χ0v) is 22.2. The summed E-state index contributed by atoms with van der Waals surface area (Å²) in [5.41, 5.74) is -1.70. The van der Waals surface area contributed by atoms with Crippen molar-refractivity contribution in [3.05, 3.63) is 22.9 Å². The molecule has 0 aliphatic heterocycles. The van der Waals surface area contributed by atoms with Crippen LogP contribution in [0.1, 0.15) is 41.5 Å². The van der Waals surface area contributed by atoms with Crippen molar-refractivity contribution in [2.75, 3.05) is 39.6 Å². The summed E-state index contributed by atoms with van der Waals surface area (Å²) in [6, 6.07) is 0. The third-order valence-electron chi connectivity index (χ3n) is 2.53. The van der Waals surface area contributed by atoms with Crippen molar-refractivity contribution in [1.82, 2.24) is 0 Å². The summed E-state index contributed by atoms with van der Waals surface area (Å²) in [6.45, 7) is 12.0. The number of rotatable bonds is 13. The molecule has 0 bridgehead atoms. The second-order valence-electron chi connectivity index (χ2n) is 4.73. The lowest BCUT2D eigenvalue weighted by Crippen LogP contribution is -2.47. The lowest BCUT2D eigenvalue weighted by atomic mass is 10.9. The molecule has 0 fully saturated rings. The molecule has 0 aromatic carbocycles. The molecule has 0 amide bonds. The first kappa shape index (κ1) is 36.4. The molecule has 0 atom stereocenters. The predicted molar refractivity (Wildman–Crippen MR) is 114 cm³/mol. The summed E-state index contributed by atoms with van der Waals surface area (Å²) >= 11 is 9.99. The first-order valence-corrected chi connectivity index (χ1v) is 14.3. The number of halogens is 8. The summed E-state index contributed by atoms with van der Waals surface area (Å²) < 4.78 is 99.6. The van der Waals surface area contributed by atoms with Gasteiger partial charge >= 0.3 is 29.1 Å². The fourth-order valence-electron chi connectivity index (χ4n) is 1.64. The second-order valence-corrected chi connectivity index (χ2v) is 10.7. The van der Waals surface area contributed by atoms with Crippen LogP contribution in [-0.4, -0.2) is 56.6 Å². The Bertz CT molecular complexity index is 493. The molecular weight excluding hydrogens is 529 g/mol. The van der Waals surface area contributed by atoms with Crippen LogP contribution >= 0.6 is 22.7 Å². The fraction of sp³-hybridized carbons (Fsp3) is 0.750. The molecule has 0 rings (SSSR count). The van der Waals surface area contributed by atoms with E-state index >= 15 is 0 Å². The quantitative estimate of drug-likeness (QED) is 0.143. The second kappa shape index (κ2) is 21.4. The Labute approximate surface area is 196 Å². The standard InChI is InChI=1S/C8H15F3O3Si.C6H15ClO3Si.C2ClF3/c1-4-12-15(13-5-2,14-6-3)8(11)7(9)10;1-4-8-11(7,9-5-2)10-6-3;3-1(4)2(5)6/h4-6H2,1-3H3;4-6H2,1-3H3;. The molecule has 194 valence electrons. The van der Waals surface area contributed by atoms with Crippen molar-refractivity contribution in [1.29, 1.82) is 0 Å². The van der Waals surface area contributed by atoms with Crippen molar-refractivity contribution in [2.24, 2.45) is 0 Å². The normalized spacial score (nSPS) is 11.1. The van der Waals surface area contributed by atoms with Gasteiger partial charge in [-0.2, -0.15) is 22.0 Å². The molecular formula is C16H30Cl2F6O6Si2. The average molecular weight is 559 g/mol. The van der Waals surface area contributed by atoms with Crippen molar-refractivity contribution >= 4 is 39.6 Å². The topological polar surface area (TPSA) is 55.4 Å². The van der Waals surface area contributed by atoms with Crippen LogP contribution in [-0.2, 0) is 26.6 Å². The third-order valence-corrected chi connectivity index (χ3v) is 8.29. The zero-order valence-electron chi connectivity index (χ0n) is 18.7. The van der Waals surface area contributed by atoms with Gasteiger partial charge in [-0.25, -0.2) is 4.39 Å². The monoisotopic (exact) mass is 558 g/mol. The van der Waals surface area contributed by atoms with Crippen molar-refractivity contribution in [3.8, 4) is 0 Å². The molecule has 0 radical (unpaired) electrons. The van der Waals surface area contributed by atoms with Gasteiger partial charge in [0.05, 0.1) is 0 Å². The first-order chi connectivity index (χ1) is 14.9. The molecule has 16 heteroatoms. The Morgan fingerprint density at radius 3 is 0.969 bits per heavy atom. The van der Waals surface area contributed by atoms with E-state index in [0.717, 1.165) is 0 Å². The Morgan fingerprint density at radius 2 is 0.812 bits per heavy atom. The van der Waals surface area contributed by atoms with Gasteiger partial charge in [-0.1, -0.05) is 11.1 Å². The van der Waals surface area contributed by atoms with E-state index in [4.69, 9.17) is 37.6 Å².